The Kier molecular flexibility index (Phi) is 15.6. The van der Waals surface area contributed by atoms with Crippen LogP contribution in [0.4, 0.5) is 0 Å². The fourth-order valence-corrected chi connectivity index (χ4v) is 7.49. The molecule has 14 heteroatoms. The summed E-state index contributed by atoms with van der Waals surface area (Å²) < 4.78 is 18.3. The second-order valence-electron chi connectivity index (χ2n) is 14.9. The van der Waals surface area contributed by atoms with Crippen LogP contribution < -0.4 is 5.90 Å². The molecule has 4 fully saturated rings. The topological polar surface area (TPSA) is 195 Å². The molecule has 5 N–H and O–H groups in total. The van der Waals surface area contributed by atoms with Crippen LogP contribution in [-0.2, 0) is 48.3 Å². The van der Waals surface area contributed by atoms with Crippen LogP contribution in [0.15, 0.2) is 0 Å². The summed E-state index contributed by atoms with van der Waals surface area (Å²) in [7, 11) is 0. The van der Waals surface area contributed by atoms with Crippen LogP contribution in [0.1, 0.15) is 104 Å². The van der Waals surface area contributed by atoms with Crippen molar-refractivity contribution in [3.05, 3.63) is 0 Å². The molecule has 0 saturated heterocycles. The van der Waals surface area contributed by atoms with Gasteiger partial charge in [-0.2, -0.15) is 5.90 Å². The van der Waals surface area contributed by atoms with E-state index in [1.54, 1.807) is 0 Å². The Morgan fingerprint density at radius 2 is 1.30 bits per heavy atom. The largest absolute Gasteiger partial charge is 0.481 e. The number of carbonyl (C=O) groups excluding carboxylic acids is 1. The van der Waals surface area contributed by atoms with Gasteiger partial charge in [0, 0.05) is 5.41 Å². The van der Waals surface area contributed by atoms with E-state index in [9.17, 15) is 19.8 Å². The number of hydrogen-bond acceptors (Lipinski definition) is 13. The van der Waals surface area contributed by atoms with E-state index >= 15 is 0 Å². The highest BCUT2D eigenvalue weighted by atomic mass is 17.3. The summed E-state index contributed by atoms with van der Waals surface area (Å²) in [5, 5.41) is 28.4. The lowest BCUT2D eigenvalue weighted by Crippen LogP contribution is -2.41. The summed E-state index contributed by atoms with van der Waals surface area (Å²) in [5.74, 6) is 2.08. The number of esters is 1. The summed E-state index contributed by atoms with van der Waals surface area (Å²) in [4.78, 5) is 49.5. The first-order chi connectivity index (χ1) is 22.6. The molecular weight excluding hydrogens is 618 g/mol. The third kappa shape index (κ3) is 12.4. The van der Waals surface area contributed by atoms with E-state index in [4.69, 9.17) is 40.0 Å². The van der Waals surface area contributed by atoms with Gasteiger partial charge in [-0.15, -0.1) is 4.99 Å². The maximum atomic E-state index is 12.9. The van der Waals surface area contributed by atoms with Gasteiger partial charge in [0.05, 0.1) is 68.8 Å². The van der Waals surface area contributed by atoms with Crippen molar-refractivity contribution in [3.8, 4) is 0 Å². The van der Waals surface area contributed by atoms with Crippen LogP contribution in [0, 0.1) is 29.1 Å². The Hall–Kier alpha value is -1.46. The molecule has 0 spiro atoms. The maximum Gasteiger partial charge on any atom is 0.310 e. The van der Waals surface area contributed by atoms with Gasteiger partial charge >= 0.3 is 11.9 Å². The highest BCUT2D eigenvalue weighted by molar-refractivity contribution is 5.81. The minimum absolute atomic E-state index is 0.0296. The van der Waals surface area contributed by atoms with E-state index in [1.807, 2.05) is 0 Å². The lowest BCUT2D eigenvalue weighted by Gasteiger charge is -2.35. The lowest BCUT2D eigenvalue weighted by molar-refractivity contribution is -0.341. The van der Waals surface area contributed by atoms with Crippen LogP contribution >= 0.6 is 0 Å². The molecule has 272 valence electrons. The Morgan fingerprint density at radius 3 is 1.89 bits per heavy atom. The maximum absolute atomic E-state index is 12.9. The molecule has 0 aromatic rings. The summed E-state index contributed by atoms with van der Waals surface area (Å²) in [6, 6.07) is 0. The van der Waals surface area contributed by atoms with Crippen LogP contribution in [0.25, 0.3) is 0 Å². The zero-order valence-corrected chi connectivity index (χ0v) is 28.0. The molecule has 0 amide bonds. The highest BCUT2D eigenvalue weighted by Gasteiger charge is 2.42. The highest BCUT2D eigenvalue weighted by Crippen LogP contribution is 2.35. The second-order valence-corrected chi connectivity index (χ2v) is 14.9. The number of nitrogens with two attached hydrogens (primary N) is 1. The van der Waals surface area contributed by atoms with Crippen molar-refractivity contribution in [1.29, 1.82) is 0 Å². The van der Waals surface area contributed by atoms with Gasteiger partial charge in [0.2, 0.25) is 0 Å². The molecule has 0 aromatic heterocycles. The van der Waals surface area contributed by atoms with Crippen molar-refractivity contribution in [2.24, 2.45) is 35.0 Å². The number of aliphatic hydroxyl groups excluding tert-OH is 1. The Balaban J connectivity index is 1.06. The standard InChI is InChI=1S/C33H57NO13/c1-33(2,20-41-25-7-11-27(12-8-25)45-43-18-21-3-4-23(35)15-22(21)17-42-39)19-40-24-5-9-26(10-6-24)44-32(38)29-14-13-28(46-47-34)16-30(29)31(36)37/h21-30,35,39H,3-20,34H2,1-2H3,(H,36,37). The fourth-order valence-electron chi connectivity index (χ4n) is 7.49. The Bertz CT molecular complexity index is 937. The zero-order chi connectivity index (χ0) is 33.8. The minimum Gasteiger partial charge on any atom is -0.481 e. The molecule has 47 heavy (non-hydrogen) atoms. The number of carboxylic acids is 1. The van der Waals surface area contributed by atoms with E-state index in [0.717, 1.165) is 51.4 Å². The van der Waals surface area contributed by atoms with Crippen LogP contribution in [0.5, 0.6) is 0 Å². The van der Waals surface area contributed by atoms with Crippen molar-refractivity contribution in [2.45, 2.75) is 140 Å². The molecular formula is C33H57NO13. The van der Waals surface area contributed by atoms with Gasteiger partial charge in [-0.05, 0) is 102 Å². The number of hydrogen-bond donors (Lipinski definition) is 4. The average Bonchev–Trinajstić information content (AvgIpc) is 3.05. The lowest BCUT2D eigenvalue weighted by atomic mass is 9.78. The summed E-state index contributed by atoms with van der Waals surface area (Å²) in [6.07, 6.45) is 8.76. The van der Waals surface area contributed by atoms with Gasteiger partial charge in [-0.25, -0.2) is 19.6 Å². The zero-order valence-electron chi connectivity index (χ0n) is 28.0. The van der Waals surface area contributed by atoms with Crippen LogP contribution in [0.2, 0.25) is 0 Å². The first kappa shape index (κ1) is 38.3. The molecule has 4 aliphatic rings. The molecule has 4 aliphatic carbocycles. The predicted molar refractivity (Wildman–Crippen MR) is 165 cm³/mol. The van der Waals surface area contributed by atoms with Gasteiger partial charge in [-0.3, -0.25) is 14.8 Å². The van der Waals surface area contributed by atoms with Crippen molar-refractivity contribution in [1.82, 2.24) is 0 Å². The average molecular weight is 676 g/mol. The van der Waals surface area contributed by atoms with Crippen molar-refractivity contribution >= 4 is 11.9 Å². The van der Waals surface area contributed by atoms with Gasteiger partial charge < -0.3 is 24.4 Å². The van der Waals surface area contributed by atoms with E-state index in [2.05, 4.69) is 23.7 Å². The first-order valence-electron chi connectivity index (χ1n) is 17.5. The Labute approximate surface area is 277 Å². The van der Waals surface area contributed by atoms with E-state index in [1.165, 1.54) is 0 Å². The quantitative estimate of drug-likeness (QED) is 0.0977. The van der Waals surface area contributed by atoms with Gasteiger partial charge in [0.15, 0.2) is 0 Å². The SMILES string of the molecule is CC(C)(COC1CCC(OOCC2CCC(O)CC2COO)CC1)COC1CCC(OC(=O)C2CCC(OON)CC2C(=O)O)CC1. The molecule has 14 nitrogen and oxygen atoms in total. The third-order valence-electron chi connectivity index (χ3n) is 10.4. The number of aliphatic hydroxyl groups is 1. The molecule has 0 radical (unpaired) electrons. The number of aliphatic carboxylic acids is 1. The first-order valence-corrected chi connectivity index (χ1v) is 17.5. The minimum atomic E-state index is -1.05. The third-order valence-corrected chi connectivity index (χ3v) is 10.4. The molecule has 0 aromatic carbocycles. The van der Waals surface area contributed by atoms with Crippen LogP contribution in [-0.4, -0.2) is 90.5 Å². The van der Waals surface area contributed by atoms with Crippen molar-refractivity contribution < 1.29 is 63.8 Å². The molecule has 4 saturated carbocycles. The van der Waals surface area contributed by atoms with Gasteiger partial charge in [0.1, 0.15) is 6.10 Å². The molecule has 0 bridgehead atoms. The van der Waals surface area contributed by atoms with Gasteiger partial charge in [0.25, 0.3) is 0 Å². The summed E-state index contributed by atoms with van der Waals surface area (Å²) in [5.41, 5.74) is -0.161. The van der Waals surface area contributed by atoms with E-state index in [0.29, 0.717) is 51.9 Å². The Morgan fingerprint density at radius 1 is 0.702 bits per heavy atom. The molecule has 0 heterocycles. The van der Waals surface area contributed by atoms with Gasteiger partial charge in [-0.1, -0.05) is 13.8 Å². The summed E-state index contributed by atoms with van der Waals surface area (Å²) in [6.45, 7) is 6.05. The smallest absolute Gasteiger partial charge is 0.310 e. The van der Waals surface area contributed by atoms with Crippen LogP contribution in [0.3, 0.4) is 0 Å². The fraction of sp³-hybridized carbons (Fsp3) is 0.939. The molecule has 4 rings (SSSR count). The molecule has 6 atom stereocenters. The molecule has 6 unspecified atom stereocenters. The summed E-state index contributed by atoms with van der Waals surface area (Å²) >= 11 is 0. The normalized spacial score (nSPS) is 35.3. The number of rotatable bonds is 17. The van der Waals surface area contributed by atoms with E-state index < -0.39 is 29.9 Å². The number of carbonyl (C=O) groups is 2. The van der Waals surface area contributed by atoms with Crippen molar-refractivity contribution in [3.63, 3.8) is 0 Å². The second kappa shape index (κ2) is 19.1. The number of ether oxygens (including phenoxy) is 3. The number of carboxylic acid groups (broad SMARTS) is 1. The van der Waals surface area contributed by atoms with E-state index in [-0.39, 0.29) is 60.8 Å². The molecule has 0 aliphatic heterocycles. The predicted octanol–water partition coefficient (Wildman–Crippen LogP) is 4.12. The van der Waals surface area contributed by atoms with Crippen molar-refractivity contribution in [2.75, 3.05) is 26.4 Å². The monoisotopic (exact) mass is 675 g/mol.